The number of fused-ring (bicyclic) bond motifs is 1. The number of terminal acetylenes is 1. The first kappa shape index (κ1) is 11.8. The van der Waals surface area contributed by atoms with Gasteiger partial charge in [0, 0.05) is 29.9 Å². The summed E-state index contributed by atoms with van der Waals surface area (Å²) in [5.41, 5.74) is 13.9. The lowest BCUT2D eigenvalue weighted by atomic mass is 10.3. The van der Waals surface area contributed by atoms with Gasteiger partial charge < -0.3 is 15.9 Å². The lowest BCUT2D eigenvalue weighted by Crippen LogP contribution is -1.91. The Balaban J connectivity index is 2.13. The molecule has 0 unspecified atom stereocenters. The van der Waals surface area contributed by atoms with E-state index >= 15 is 0 Å². The fraction of sp³-hybridized carbons (Fsp3) is 0.0714. The van der Waals surface area contributed by atoms with Crippen LogP contribution in [-0.2, 0) is 6.42 Å². The Hall–Kier alpha value is -2.67. The zero-order valence-electron chi connectivity index (χ0n) is 9.76. The summed E-state index contributed by atoms with van der Waals surface area (Å²) in [5, 5.41) is 0. The van der Waals surface area contributed by atoms with Crippen LogP contribution in [0.3, 0.4) is 0 Å². The minimum absolute atomic E-state index is 0.526. The number of aromatic nitrogens is 1. The molecule has 0 aliphatic carbocycles. The van der Waals surface area contributed by atoms with Crippen molar-refractivity contribution in [1.82, 2.24) is 4.98 Å². The molecule has 4 N–H and O–H groups in total. The molecule has 1 aromatic carbocycles. The minimum Gasteiger partial charge on any atom is -0.440 e. The highest BCUT2D eigenvalue weighted by atomic mass is 16.3. The Morgan fingerprint density at radius 2 is 2.33 bits per heavy atom. The molecule has 0 fully saturated rings. The van der Waals surface area contributed by atoms with Crippen molar-refractivity contribution in [2.24, 2.45) is 5.73 Å². The van der Waals surface area contributed by atoms with E-state index in [-0.39, 0.29) is 0 Å². The predicted octanol–water partition coefficient (Wildman–Crippen LogP) is 1.98. The summed E-state index contributed by atoms with van der Waals surface area (Å²) < 4.78 is 5.55. The standard InChI is InChI=1S/C14H13N3O/c1-2-4-10(15)5-3-6-14-17-12-8-7-11(16)9-13(12)18-14/h1,3-5,7-9H,6,15-16H2/b5-3-,10-4+. The molecule has 0 saturated heterocycles. The van der Waals surface area contributed by atoms with Gasteiger partial charge in [0.2, 0.25) is 0 Å². The van der Waals surface area contributed by atoms with E-state index < -0.39 is 0 Å². The molecule has 0 atom stereocenters. The van der Waals surface area contributed by atoms with Gasteiger partial charge in [0.25, 0.3) is 0 Å². The van der Waals surface area contributed by atoms with Crippen LogP contribution in [0.15, 0.2) is 46.5 Å². The fourth-order valence-electron chi connectivity index (χ4n) is 1.52. The van der Waals surface area contributed by atoms with Crippen LogP contribution in [0.5, 0.6) is 0 Å². The van der Waals surface area contributed by atoms with Crippen LogP contribution in [0.2, 0.25) is 0 Å². The smallest absolute Gasteiger partial charge is 0.199 e. The maximum absolute atomic E-state index is 5.66. The maximum Gasteiger partial charge on any atom is 0.199 e. The normalized spacial score (nSPS) is 12.1. The van der Waals surface area contributed by atoms with Gasteiger partial charge in [0.15, 0.2) is 11.5 Å². The zero-order valence-corrected chi connectivity index (χ0v) is 9.76. The number of nitrogen functional groups attached to an aromatic ring is 1. The zero-order chi connectivity index (χ0) is 13.0. The van der Waals surface area contributed by atoms with Gasteiger partial charge >= 0.3 is 0 Å². The lowest BCUT2D eigenvalue weighted by Gasteiger charge is -1.89. The Labute approximate surface area is 105 Å². The second-order valence-corrected chi connectivity index (χ2v) is 3.75. The summed E-state index contributed by atoms with van der Waals surface area (Å²) in [6.07, 6.45) is 10.7. The van der Waals surface area contributed by atoms with Crippen LogP contribution < -0.4 is 11.5 Å². The molecule has 0 bridgehead atoms. The van der Waals surface area contributed by atoms with E-state index in [1.807, 2.05) is 12.1 Å². The van der Waals surface area contributed by atoms with Gasteiger partial charge in [-0.25, -0.2) is 4.98 Å². The van der Waals surface area contributed by atoms with Gasteiger partial charge in [-0.3, -0.25) is 0 Å². The molecule has 2 aromatic rings. The molecule has 0 amide bonds. The third-order valence-electron chi connectivity index (χ3n) is 2.31. The molecule has 18 heavy (non-hydrogen) atoms. The highest BCUT2D eigenvalue weighted by molar-refractivity contribution is 5.76. The molecule has 90 valence electrons. The van der Waals surface area contributed by atoms with Gasteiger partial charge in [0.05, 0.1) is 0 Å². The number of nitrogens with zero attached hydrogens (tertiary/aromatic N) is 1. The van der Waals surface area contributed by atoms with Gasteiger partial charge in [-0.1, -0.05) is 12.0 Å². The molecule has 0 spiro atoms. The molecule has 1 aromatic heterocycles. The van der Waals surface area contributed by atoms with Gasteiger partial charge in [-0.15, -0.1) is 6.42 Å². The second kappa shape index (κ2) is 5.11. The van der Waals surface area contributed by atoms with E-state index in [0.29, 0.717) is 29.3 Å². The van der Waals surface area contributed by atoms with Crippen LogP contribution in [0, 0.1) is 12.3 Å². The summed E-state index contributed by atoms with van der Waals surface area (Å²) in [6, 6.07) is 5.37. The molecule has 4 nitrogen and oxygen atoms in total. The molecule has 2 rings (SSSR count). The Morgan fingerprint density at radius 3 is 3.11 bits per heavy atom. The highest BCUT2D eigenvalue weighted by Crippen LogP contribution is 2.18. The quantitative estimate of drug-likeness (QED) is 0.487. The van der Waals surface area contributed by atoms with Crippen molar-refractivity contribution in [3.05, 3.63) is 48.0 Å². The van der Waals surface area contributed by atoms with E-state index in [2.05, 4.69) is 10.9 Å². The molecular weight excluding hydrogens is 226 g/mol. The molecule has 0 aliphatic heterocycles. The Morgan fingerprint density at radius 1 is 1.50 bits per heavy atom. The lowest BCUT2D eigenvalue weighted by molar-refractivity contribution is 0.547. The van der Waals surface area contributed by atoms with Crippen molar-refractivity contribution in [2.75, 3.05) is 5.73 Å². The first-order chi connectivity index (χ1) is 8.69. The van der Waals surface area contributed by atoms with Crippen LogP contribution in [0.4, 0.5) is 5.69 Å². The predicted molar refractivity (Wildman–Crippen MR) is 72.4 cm³/mol. The van der Waals surface area contributed by atoms with Gasteiger partial charge in [-0.2, -0.15) is 0 Å². The van der Waals surface area contributed by atoms with Crippen LogP contribution in [0.25, 0.3) is 11.1 Å². The van der Waals surface area contributed by atoms with Crippen molar-refractivity contribution in [2.45, 2.75) is 6.42 Å². The monoisotopic (exact) mass is 239 g/mol. The van der Waals surface area contributed by atoms with Crippen LogP contribution in [0.1, 0.15) is 5.89 Å². The molecule has 0 radical (unpaired) electrons. The number of rotatable bonds is 3. The van der Waals surface area contributed by atoms with E-state index in [0.717, 1.165) is 5.52 Å². The molecular formula is C14H13N3O. The van der Waals surface area contributed by atoms with Gasteiger partial charge in [0.1, 0.15) is 5.52 Å². The van der Waals surface area contributed by atoms with Crippen molar-refractivity contribution < 1.29 is 4.42 Å². The number of nitrogens with two attached hydrogens (primary N) is 2. The van der Waals surface area contributed by atoms with E-state index in [4.69, 9.17) is 22.3 Å². The maximum atomic E-state index is 5.66. The number of anilines is 1. The number of hydrogen-bond donors (Lipinski definition) is 2. The van der Waals surface area contributed by atoms with Crippen LogP contribution in [-0.4, -0.2) is 4.98 Å². The minimum atomic E-state index is 0.526. The Kier molecular flexibility index (Phi) is 3.35. The third kappa shape index (κ3) is 2.71. The average molecular weight is 239 g/mol. The largest absolute Gasteiger partial charge is 0.440 e. The number of hydrogen-bond acceptors (Lipinski definition) is 4. The third-order valence-corrected chi connectivity index (χ3v) is 2.31. The summed E-state index contributed by atoms with van der Waals surface area (Å²) in [5.74, 6) is 2.96. The van der Waals surface area contributed by atoms with E-state index in [9.17, 15) is 0 Å². The van der Waals surface area contributed by atoms with Crippen LogP contribution >= 0.6 is 0 Å². The topological polar surface area (TPSA) is 78.1 Å². The summed E-state index contributed by atoms with van der Waals surface area (Å²) in [6.45, 7) is 0. The van der Waals surface area contributed by atoms with E-state index in [1.165, 1.54) is 6.08 Å². The number of oxazole rings is 1. The summed E-state index contributed by atoms with van der Waals surface area (Å²) in [7, 11) is 0. The first-order valence-corrected chi connectivity index (χ1v) is 5.42. The van der Waals surface area contributed by atoms with E-state index in [1.54, 1.807) is 18.2 Å². The molecule has 4 heteroatoms. The van der Waals surface area contributed by atoms with Crippen molar-refractivity contribution in [3.8, 4) is 12.3 Å². The molecule has 1 heterocycles. The van der Waals surface area contributed by atoms with Gasteiger partial charge in [-0.05, 0) is 18.2 Å². The second-order valence-electron chi connectivity index (χ2n) is 3.75. The van der Waals surface area contributed by atoms with Crippen molar-refractivity contribution in [1.29, 1.82) is 0 Å². The average Bonchev–Trinajstić information content (AvgIpc) is 2.71. The number of benzene rings is 1. The molecule has 0 aliphatic rings. The summed E-state index contributed by atoms with van der Waals surface area (Å²) >= 11 is 0. The Bertz CT molecular complexity index is 659. The SMILES string of the molecule is C#C/C=C(N)\C=C/Cc1nc2ccc(N)cc2o1. The highest BCUT2D eigenvalue weighted by Gasteiger charge is 2.03. The summed E-state index contributed by atoms with van der Waals surface area (Å²) in [4.78, 5) is 4.32. The first-order valence-electron chi connectivity index (χ1n) is 5.42. The van der Waals surface area contributed by atoms with Crippen molar-refractivity contribution in [3.63, 3.8) is 0 Å². The molecule has 0 saturated carbocycles. The number of allylic oxidation sites excluding steroid dienone is 3. The fourth-order valence-corrected chi connectivity index (χ4v) is 1.52. The van der Waals surface area contributed by atoms with Crippen molar-refractivity contribution >= 4 is 16.8 Å².